The van der Waals surface area contributed by atoms with Crippen molar-refractivity contribution in [2.75, 3.05) is 32.9 Å². The number of aryl methyl sites for hydroxylation is 1. The highest BCUT2D eigenvalue weighted by Gasteiger charge is 2.28. The van der Waals surface area contributed by atoms with Gasteiger partial charge in [0.05, 0.1) is 23.7 Å². The number of rotatable bonds is 6. The number of carbonyl (C=O) groups excluding carboxylic acids is 2. The molecule has 0 saturated carbocycles. The van der Waals surface area contributed by atoms with Gasteiger partial charge in [0, 0.05) is 18.1 Å². The molecule has 2 aromatic rings. The fourth-order valence-electron chi connectivity index (χ4n) is 2.86. The topological polar surface area (TPSA) is 114 Å². The lowest BCUT2D eigenvalue weighted by molar-refractivity contribution is -0.123. The fraction of sp³-hybridized carbons (Fsp3) is 0.300. The molecule has 0 atom stereocenters. The number of halogens is 2. The van der Waals surface area contributed by atoms with Crippen LogP contribution in [0.4, 0.5) is 4.39 Å². The first kappa shape index (κ1) is 23.9. The lowest BCUT2D eigenvalue weighted by Gasteiger charge is -2.26. The first-order chi connectivity index (χ1) is 15.2. The summed E-state index contributed by atoms with van der Waals surface area (Å²) in [5.41, 5.74) is 4.37. The summed E-state index contributed by atoms with van der Waals surface area (Å²) < 4.78 is 51.3. The Morgan fingerprint density at radius 2 is 1.88 bits per heavy atom. The number of sulfonamides is 1. The predicted molar refractivity (Wildman–Crippen MR) is 113 cm³/mol. The molecule has 0 spiro atoms. The summed E-state index contributed by atoms with van der Waals surface area (Å²) in [6, 6.07) is 7.73. The molecule has 0 bridgehead atoms. The van der Waals surface area contributed by atoms with Crippen LogP contribution >= 0.6 is 11.6 Å². The van der Waals surface area contributed by atoms with E-state index >= 15 is 0 Å². The standard InChI is InChI=1S/C20H21ClFN3O6S/c1-13-10-14(2-4-17(13)21)31-12-19(26)23-24-20(27)16-11-15(3-5-18(16)22)32(28,29)25-6-8-30-9-7-25/h2-5,10-11H,6-9,12H2,1H3,(H,23,26)(H,24,27). The Balaban J connectivity index is 1.61. The van der Waals surface area contributed by atoms with E-state index in [0.29, 0.717) is 10.8 Å². The van der Waals surface area contributed by atoms with Gasteiger partial charge in [0.1, 0.15) is 11.6 Å². The van der Waals surface area contributed by atoms with Crippen molar-refractivity contribution in [1.82, 2.24) is 15.2 Å². The van der Waals surface area contributed by atoms with Crippen molar-refractivity contribution >= 4 is 33.4 Å². The average molecular weight is 486 g/mol. The van der Waals surface area contributed by atoms with E-state index in [4.69, 9.17) is 21.1 Å². The molecule has 12 heteroatoms. The summed E-state index contributed by atoms with van der Waals surface area (Å²) in [5.74, 6) is -2.26. The molecule has 0 aliphatic carbocycles. The normalized spacial score (nSPS) is 14.6. The van der Waals surface area contributed by atoms with E-state index in [-0.39, 0.29) is 31.2 Å². The maximum absolute atomic E-state index is 14.2. The van der Waals surface area contributed by atoms with E-state index in [1.165, 1.54) is 4.31 Å². The van der Waals surface area contributed by atoms with Crippen LogP contribution in [0.2, 0.25) is 5.02 Å². The van der Waals surface area contributed by atoms with Gasteiger partial charge in [0.15, 0.2) is 6.61 Å². The molecule has 1 aliphatic rings. The number of amides is 2. The van der Waals surface area contributed by atoms with E-state index in [1.54, 1.807) is 25.1 Å². The Bertz CT molecular complexity index is 1120. The predicted octanol–water partition coefficient (Wildman–Crippen LogP) is 1.65. The minimum Gasteiger partial charge on any atom is -0.484 e. The molecular weight excluding hydrogens is 465 g/mol. The van der Waals surface area contributed by atoms with Crippen LogP contribution in [-0.4, -0.2) is 57.4 Å². The van der Waals surface area contributed by atoms with Crippen molar-refractivity contribution in [2.45, 2.75) is 11.8 Å². The second-order valence-electron chi connectivity index (χ2n) is 6.86. The SMILES string of the molecule is Cc1cc(OCC(=O)NNC(=O)c2cc(S(=O)(=O)N3CCOCC3)ccc2F)ccc1Cl. The highest BCUT2D eigenvalue weighted by molar-refractivity contribution is 7.89. The zero-order valence-corrected chi connectivity index (χ0v) is 18.6. The highest BCUT2D eigenvalue weighted by atomic mass is 35.5. The third-order valence-corrected chi connectivity index (χ3v) is 6.92. The minimum absolute atomic E-state index is 0.157. The summed E-state index contributed by atoms with van der Waals surface area (Å²) in [7, 11) is -3.92. The van der Waals surface area contributed by atoms with Crippen molar-refractivity contribution < 1.29 is 31.9 Å². The van der Waals surface area contributed by atoms with Crippen molar-refractivity contribution in [3.8, 4) is 5.75 Å². The van der Waals surface area contributed by atoms with Crippen LogP contribution in [0, 0.1) is 12.7 Å². The van der Waals surface area contributed by atoms with E-state index in [9.17, 15) is 22.4 Å². The average Bonchev–Trinajstić information content (AvgIpc) is 2.79. The molecule has 172 valence electrons. The molecule has 3 rings (SSSR count). The Kier molecular flexibility index (Phi) is 7.67. The van der Waals surface area contributed by atoms with Gasteiger partial charge < -0.3 is 9.47 Å². The van der Waals surface area contributed by atoms with Gasteiger partial charge >= 0.3 is 0 Å². The molecule has 1 fully saturated rings. The molecule has 1 saturated heterocycles. The molecule has 2 amide bonds. The van der Waals surface area contributed by atoms with Crippen molar-refractivity contribution in [1.29, 1.82) is 0 Å². The van der Waals surface area contributed by atoms with Gasteiger partial charge in [-0.15, -0.1) is 0 Å². The number of hydrogen-bond acceptors (Lipinski definition) is 6. The van der Waals surface area contributed by atoms with E-state index in [0.717, 1.165) is 23.8 Å². The van der Waals surface area contributed by atoms with Crippen LogP contribution in [-0.2, 0) is 19.6 Å². The Labute approximate surface area is 189 Å². The van der Waals surface area contributed by atoms with Gasteiger partial charge in [0.2, 0.25) is 10.0 Å². The third kappa shape index (κ3) is 5.74. The molecule has 9 nitrogen and oxygen atoms in total. The smallest absolute Gasteiger partial charge is 0.276 e. The monoisotopic (exact) mass is 485 g/mol. The van der Waals surface area contributed by atoms with E-state index < -0.39 is 39.8 Å². The molecule has 1 heterocycles. The summed E-state index contributed by atoms with van der Waals surface area (Å²) >= 11 is 5.92. The van der Waals surface area contributed by atoms with Crippen molar-refractivity contribution in [3.63, 3.8) is 0 Å². The molecule has 32 heavy (non-hydrogen) atoms. The number of morpholine rings is 1. The van der Waals surface area contributed by atoms with Crippen LogP contribution < -0.4 is 15.6 Å². The number of hydrogen-bond donors (Lipinski definition) is 2. The molecule has 0 radical (unpaired) electrons. The van der Waals surface area contributed by atoms with Crippen LogP contribution in [0.5, 0.6) is 5.75 Å². The summed E-state index contributed by atoms with van der Waals surface area (Å²) in [6.45, 7) is 2.16. The van der Waals surface area contributed by atoms with Crippen molar-refractivity contribution in [2.24, 2.45) is 0 Å². The number of hydrazine groups is 1. The summed E-state index contributed by atoms with van der Waals surface area (Å²) in [4.78, 5) is 24.0. The van der Waals surface area contributed by atoms with Gasteiger partial charge in [-0.3, -0.25) is 20.4 Å². The number of nitrogens with zero attached hydrogens (tertiary/aromatic N) is 1. The van der Waals surface area contributed by atoms with Crippen LogP contribution in [0.25, 0.3) is 0 Å². The number of carbonyl (C=O) groups is 2. The Hall–Kier alpha value is -2.73. The summed E-state index contributed by atoms with van der Waals surface area (Å²) in [5, 5.41) is 0.550. The maximum Gasteiger partial charge on any atom is 0.276 e. The number of benzene rings is 2. The van der Waals surface area contributed by atoms with Gasteiger partial charge in [-0.25, -0.2) is 12.8 Å². The minimum atomic E-state index is -3.92. The number of nitrogens with one attached hydrogen (secondary N) is 2. The Morgan fingerprint density at radius 1 is 1.16 bits per heavy atom. The van der Waals surface area contributed by atoms with Crippen LogP contribution in [0.3, 0.4) is 0 Å². The molecule has 0 unspecified atom stereocenters. The second kappa shape index (κ2) is 10.3. The third-order valence-electron chi connectivity index (χ3n) is 4.61. The molecule has 2 aromatic carbocycles. The van der Waals surface area contributed by atoms with Crippen LogP contribution in [0.1, 0.15) is 15.9 Å². The van der Waals surface area contributed by atoms with E-state index in [2.05, 4.69) is 5.43 Å². The zero-order valence-electron chi connectivity index (χ0n) is 17.1. The van der Waals surface area contributed by atoms with Crippen LogP contribution in [0.15, 0.2) is 41.3 Å². The second-order valence-corrected chi connectivity index (χ2v) is 9.21. The van der Waals surface area contributed by atoms with Gasteiger partial charge in [-0.2, -0.15) is 4.31 Å². The molecule has 1 aliphatic heterocycles. The molecular formula is C20H21ClFN3O6S. The van der Waals surface area contributed by atoms with Gasteiger partial charge in [-0.05, 0) is 48.9 Å². The number of ether oxygens (including phenoxy) is 2. The van der Waals surface area contributed by atoms with Gasteiger partial charge in [0.25, 0.3) is 11.8 Å². The lowest BCUT2D eigenvalue weighted by atomic mass is 10.2. The maximum atomic E-state index is 14.2. The van der Waals surface area contributed by atoms with Crippen molar-refractivity contribution in [3.05, 3.63) is 58.4 Å². The first-order valence-electron chi connectivity index (χ1n) is 9.54. The first-order valence-corrected chi connectivity index (χ1v) is 11.4. The largest absolute Gasteiger partial charge is 0.484 e. The Morgan fingerprint density at radius 3 is 2.56 bits per heavy atom. The highest BCUT2D eigenvalue weighted by Crippen LogP contribution is 2.21. The summed E-state index contributed by atoms with van der Waals surface area (Å²) in [6.07, 6.45) is 0. The molecule has 0 aromatic heterocycles. The van der Waals surface area contributed by atoms with E-state index in [1.807, 2.05) is 5.43 Å². The zero-order chi connectivity index (χ0) is 23.3. The lowest BCUT2D eigenvalue weighted by Crippen LogP contribution is -2.44. The molecule has 2 N–H and O–H groups in total. The fourth-order valence-corrected chi connectivity index (χ4v) is 4.41. The quantitative estimate of drug-likeness (QED) is 0.601. The van der Waals surface area contributed by atoms with Gasteiger partial charge in [-0.1, -0.05) is 11.6 Å².